The summed E-state index contributed by atoms with van der Waals surface area (Å²) in [7, 11) is 1.57. The zero-order chi connectivity index (χ0) is 15.2. The minimum atomic E-state index is -0.302. The van der Waals surface area contributed by atoms with E-state index in [1.807, 2.05) is 12.1 Å². The number of nitrogens with one attached hydrogen (secondary N) is 1. The normalized spacial score (nSPS) is 10.6. The van der Waals surface area contributed by atoms with Gasteiger partial charge in [0.1, 0.15) is 5.75 Å². The largest absolute Gasteiger partial charge is 0.496 e. The number of hydrogen-bond donors (Lipinski definition) is 1. The predicted molar refractivity (Wildman–Crippen MR) is 87.2 cm³/mol. The van der Waals surface area contributed by atoms with Crippen molar-refractivity contribution in [3.63, 3.8) is 0 Å². The summed E-state index contributed by atoms with van der Waals surface area (Å²) in [6.45, 7) is 0. The number of carbonyl (C=O) groups is 1. The molecule has 0 saturated heterocycles. The highest BCUT2D eigenvalue weighted by atomic mass is 79.9. The van der Waals surface area contributed by atoms with Crippen LogP contribution in [0.25, 0.3) is 0 Å². The number of nitrogens with zero attached hydrogens (tertiary/aromatic N) is 1. The van der Waals surface area contributed by atoms with Crippen LogP contribution in [0.4, 0.5) is 0 Å². The fourth-order valence-electron chi connectivity index (χ4n) is 1.59. The van der Waals surface area contributed by atoms with Gasteiger partial charge in [0, 0.05) is 10.6 Å². The van der Waals surface area contributed by atoms with Crippen LogP contribution >= 0.6 is 27.5 Å². The third-order valence-corrected chi connectivity index (χ3v) is 3.54. The number of halogens is 2. The van der Waals surface area contributed by atoms with Gasteiger partial charge in [-0.2, -0.15) is 5.10 Å². The lowest BCUT2D eigenvalue weighted by Crippen LogP contribution is -2.17. The fourth-order valence-corrected chi connectivity index (χ4v) is 2.25. The van der Waals surface area contributed by atoms with Crippen LogP contribution in [0, 0.1) is 0 Å². The molecule has 0 aromatic heterocycles. The van der Waals surface area contributed by atoms with Gasteiger partial charge < -0.3 is 4.74 Å². The summed E-state index contributed by atoms with van der Waals surface area (Å²) in [5.41, 5.74) is 3.79. The van der Waals surface area contributed by atoms with Crippen LogP contribution in [0.3, 0.4) is 0 Å². The number of hydrazone groups is 1. The first-order chi connectivity index (χ1) is 10.1. The highest BCUT2D eigenvalue weighted by Gasteiger charge is 2.07. The average Bonchev–Trinajstić information content (AvgIpc) is 2.49. The van der Waals surface area contributed by atoms with Crippen molar-refractivity contribution in [2.24, 2.45) is 5.10 Å². The Hall–Kier alpha value is -1.85. The van der Waals surface area contributed by atoms with Gasteiger partial charge in [0.25, 0.3) is 5.91 Å². The van der Waals surface area contributed by atoms with E-state index in [-0.39, 0.29) is 5.91 Å². The van der Waals surface area contributed by atoms with E-state index in [0.29, 0.717) is 20.8 Å². The molecule has 21 heavy (non-hydrogen) atoms. The van der Waals surface area contributed by atoms with E-state index in [2.05, 4.69) is 26.5 Å². The van der Waals surface area contributed by atoms with E-state index in [9.17, 15) is 4.79 Å². The van der Waals surface area contributed by atoms with Crippen molar-refractivity contribution < 1.29 is 9.53 Å². The molecule has 4 nitrogen and oxygen atoms in total. The number of carbonyl (C=O) groups excluding carboxylic acids is 1. The third-order valence-electron chi connectivity index (χ3n) is 2.66. The quantitative estimate of drug-likeness (QED) is 0.659. The standard InChI is InChI=1S/C15H12BrClN2O2/c1-21-14-7-4-11(8-13(14)16)15(20)19-18-9-10-2-5-12(17)6-3-10/h2-9H,1H3,(H,19,20). The molecule has 0 spiro atoms. The van der Waals surface area contributed by atoms with Crippen LogP contribution in [0.15, 0.2) is 52.0 Å². The van der Waals surface area contributed by atoms with Crippen LogP contribution in [0.5, 0.6) is 5.75 Å². The average molecular weight is 368 g/mol. The first-order valence-corrected chi connectivity index (χ1v) is 7.20. The van der Waals surface area contributed by atoms with Crippen molar-refractivity contribution in [2.75, 3.05) is 7.11 Å². The van der Waals surface area contributed by atoms with E-state index in [0.717, 1.165) is 5.56 Å². The third kappa shape index (κ3) is 4.31. The second kappa shape index (κ2) is 7.24. The number of rotatable bonds is 4. The summed E-state index contributed by atoms with van der Waals surface area (Å²) in [6, 6.07) is 12.2. The molecular weight excluding hydrogens is 356 g/mol. The summed E-state index contributed by atoms with van der Waals surface area (Å²) in [5, 5.41) is 4.56. The molecule has 0 unspecified atom stereocenters. The van der Waals surface area contributed by atoms with Crippen molar-refractivity contribution in [1.82, 2.24) is 5.43 Å². The van der Waals surface area contributed by atoms with E-state index in [1.54, 1.807) is 43.7 Å². The highest BCUT2D eigenvalue weighted by molar-refractivity contribution is 9.10. The maximum Gasteiger partial charge on any atom is 0.271 e. The Balaban J connectivity index is 2.01. The Morgan fingerprint density at radius 3 is 2.62 bits per heavy atom. The Kier molecular flexibility index (Phi) is 5.36. The van der Waals surface area contributed by atoms with Gasteiger partial charge in [0.05, 0.1) is 17.8 Å². The summed E-state index contributed by atoms with van der Waals surface area (Å²) >= 11 is 9.12. The second-order valence-corrected chi connectivity index (χ2v) is 5.39. The molecule has 108 valence electrons. The van der Waals surface area contributed by atoms with Crippen LogP contribution in [-0.2, 0) is 0 Å². The lowest BCUT2D eigenvalue weighted by molar-refractivity contribution is 0.0955. The summed E-state index contributed by atoms with van der Waals surface area (Å²) in [5.74, 6) is 0.361. The van der Waals surface area contributed by atoms with Crippen molar-refractivity contribution in [1.29, 1.82) is 0 Å². The monoisotopic (exact) mass is 366 g/mol. The maximum atomic E-state index is 11.9. The highest BCUT2D eigenvalue weighted by Crippen LogP contribution is 2.25. The van der Waals surface area contributed by atoms with Gasteiger partial charge in [-0.15, -0.1) is 0 Å². The van der Waals surface area contributed by atoms with E-state index >= 15 is 0 Å². The lowest BCUT2D eigenvalue weighted by atomic mass is 10.2. The number of ether oxygens (including phenoxy) is 1. The van der Waals surface area contributed by atoms with Crippen LogP contribution in [0.2, 0.25) is 5.02 Å². The topological polar surface area (TPSA) is 50.7 Å². The molecule has 0 fully saturated rings. The number of methoxy groups -OCH3 is 1. The van der Waals surface area contributed by atoms with Gasteiger partial charge in [0.2, 0.25) is 0 Å². The first-order valence-electron chi connectivity index (χ1n) is 6.02. The van der Waals surface area contributed by atoms with Gasteiger partial charge in [-0.25, -0.2) is 5.43 Å². The smallest absolute Gasteiger partial charge is 0.271 e. The van der Waals surface area contributed by atoms with Crippen LogP contribution in [-0.4, -0.2) is 19.2 Å². The van der Waals surface area contributed by atoms with Crippen molar-refractivity contribution >= 4 is 39.7 Å². The Labute approximate surface area is 135 Å². The van der Waals surface area contributed by atoms with Gasteiger partial charge >= 0.3 is 0 Å². The molecule has 0 bridgehead atoms. The van der Waals surface area contributed by atoms with Crippen LogP contribution < -0.4 is 10.2 Å². The molecule has 0 saturated carbocycles. The zero-order valence-corrected chi connectivity index (χ0v) is 13.5. The summed E-state index contributed by atoms with van der Waals surface area (Å²) in [6.07, 6.45) is 1.55. The molecule has 0 aliphatic heterocycles. The first kappa shape index (κ1) is 15.5. The minimum absolute atomic E-state index is 0.302. The molecule has 0 aliphatic rings. The summed E-state index contributed by atoms with van der Waals surface area (Å²) in [4.78, 5) is 11.9. The van der Waals surface area contributed by atoms with E-state index in [1.165, 1.54) is 0 Å². The van der Waals surface area contributed by atoms with Crippen molar-refractivity contribution in [3.05, 3.63) is 63.1 Å². The molecule has 2 rings (SSSR count). The molecular formula is C15H12BrClN2O2. The van der Waals surface area contributed by atoms with Crippen molar-refractivity contribution in [2.45, 2.75) is 0 Å². The van der Waals surface area contributed by atoms with Crippen LogP contribution in [0.1, 0.15) is 15.9 Å². The molecule has 0 aliphatic carbocycles. The Morgan fingerprint density at radius 2 is 2.00 bits per heavy atom. The zero-order valence-electron chi connectivity index (χ0n) is 11.1. The SMILES string of the molecule is COc1ccc(C(=O)NN=Cc2ccc(Cl)cc2)cc1Br. The van der Waals surface area contributed by atoms with Gasteiger partial charge in [0.15, 0.2) is 0 Å². The number of hydrogen-bond acceptors (Lipinski definition) is 3. The fraction of sp³-hybridized carbons (Fsp3) is 0.0667. The molecule has 1 N–H and O–H groups in total. The Bertz CT molecular complexity index is 672. The Morgan fingerprint density at radius 1 is 1.29 bits per heavy atom. The van der Waals surface area contributed by atoms with Gasteiger partial charge in [-0.05, 0) is 51.8 Å². The molecule has 0 heterocycles. The van der Waals surface area contributed by atoms with E-state index < -0.39 is 0 Å². The molecule has 6 heteroatoms. The number of benzene rings is 2. The molecule has 0 radical (unpaired) electrons. The lowest BCUT2D eigenvalue weighted by Gasteiger charge is -2.05. The summed E-state index contributed by atoms with van der Waals surface area (Å²) < 4.78 is 5.82. The number of amides is 1. The minimum Gasteiger partial charge on any atom is -0.496 e. The molecule has 1 amide bonds. The second-order valence-electron chi connectivity index (χ2n) is 4.10. The van der Waals surface area contributed by atoms with Gasteiger partial charge in [-0.3, -0.25) is 4.79 Å². The molecule has 2 aromatic carbocycles. The van der Waals surface area contributed by atoms with Crippen molar-refractivity contribution in [3.8, 4) is 5.75 Å². The van der Waals surface area contributed by atoms with Gasteiger partial charge in [-0.1, -0.05) is 23.7 Å². The van der Waals surface area contributed by atoms with E-state index in [4.69, 9.17) is 16.3 Å². The maximum absolute atomic E-state index is 11.9. The molecule has 2 aromatic rings. The predicted octanol–water partition coefficient (Wildman–Crippen LogP) is 3.88. The molecule has 0 atom stereocenters.